The van der Waals surface area contributed by atoms with E-state index in [0.29, 0.717) is 6.42 Å². The van der Waals surface area contributed by atoms with Gasteiger partial charge in [0.15, 0.2) is 11.5 Å². The van der Waals surface area contributed by atoms with Crippen LogP contribution < -0.4 is 9.47 Å². The Morgan fingerprint density at radius 2 is 2.04 bits per heavy atom. The summed E-state index contributed by atoms with van der Waals surface area (Å²) in [7, 11) is 2.70. The van der Waals surface area contributed by atoms with Gasteiger partial charge in [-0.1, -0.05) is 13.8 Å². The lowest BCUT2D eigenvalue weighted by molar-refractivity contribution is -0.129. The first-order valence-electron chi connectivity index (χ1n) is 11.3. The summed E-state index contributed by atoms with van der Waals surface area (Å²) in [6.07, 6.45) is -5.04. The molecule has 0 saturated carbocycles. The number of Topliss-reactive ketones (excluding diaryl/α,β-unsaturated/α-hetero) is 1. The average Bonchev–Trinajstić information content (AvgIpc) is 2.66. The molecule has 0 aromatic heterocycles. The van der Waals surface area contributed by atoms with E-state index in [9.17, 15) is 4.79 Å². The number of hydrogen-bond acceptors (Lipinski definition) is 4. The standard InChI is InChI=1S/C19H27NO3/c1-12(2)7-14-11-20-6-5-13-8-18(22-3)19(23-4)9-15(13)16(20)10-17(14)21/h8-9,12,14,16H,5-7,10-11H2,1-4H3/i5D2,6D2,10D2,16D. The molecule has 4 heteroatoms. The number of carbonyl (C=O) groups excluding carboxylic acids is 1. The van der Waals surface area contributed by atoms with Crippen molar-refractivity contribution >= 4 is 5.78 Å². The summed E-state index contributed by atoms with van der Waals surface area (Å²) >= 11 is 0. The Labute approximate surface area is 148 Å². The molecule has 2 atom stereocenters. The molecule has 0 aliphatic carbocycles. The van der Waals surface area contributed by atoms with Crippen molar-refractivity contribution in [1.82, 2.24) is 4.90 Å². The lowest BCUT2D eigenvalue weighted by atomic mass is 9.80. The van der Waals surface area contributed by atoms with Gasteiger partial charge in [0, 0.05) is 39.6 Å². The van der Waals surface area contributed by atoms with Crippen LogP contribution >= 0.6 is 0 Å². The van der Waals surface area contributed by atoms with Gasteiger partial charge in [0.25, 0.3) is 0 Å². The third-order valence-corrected chi connectivity index (χ3v) is 4.15. The zero-order chi connectivity index (χ0) is 22.9. The maximum absolute atomic E-state index is 13.1. The second-order valence-corrected chi connectivity index (χ2v) is 6.26. The fraction of sp³-hybridized carbons (Fsp3) is 0.632. The van der Waals surface area contributed by atoms with E-state index in [1.165, 1.54) is 26.4 Å². The van der Waals surface area contributed by atoms with Crippen molar-refractivity contribution in [2.24, 2.45) is 11.8 Å². The van der Waals surface area contributed by atoms with Crippen LogP contribution in [0.25, 0.3) is 0 Å². The fourth-order valence-corrected chi connectivity index (χ4v) is 3.05. The highest BCUT2D eigenvalue weighted by Gasteiger charge is 2.38. The van der Waals surface area contributed by atoms with E-state index >= 15 is 0 Å². The topological polar surface area (TPSA) is 38.8 Å². The lowest BCUT2D eigenvalue weighted by Crippen LogP contribution is -2.46. The zero-order valence-electron chi connectivity index (χ0n) is 20.9. The van der Waals surface area contributed by atoms with Crippen molar-refractivity contribution in [3.63, 3.8) is 0 Å². The first-order chi connectivity index (χ1) is 13.7. The number of rotatable bonds is 4. The van der Waals surface area contributed by atoms with Crippen molar-refractivity contribution in [3.8, 4) is 11.5 Å². The molecule has 0 bridgehead atoms. The minimum atomic E-state index is -2.77. The number of nitrogens with zero attached hydrogens (tertiary/aromatic N) is 1. The molecule has 1 fully saturated rings. The number of methoxy groups -OCH3 is 2. The highest BCUT2D eigenvalue weighted by atomic mass is 16.5. The number of benzene rings is 1. The van der Waals surface area contributed by atoms with E-state index < -0.39 is 37.0 Å². The number of aryl methyl sites for hydroxylation is 1. The second kappa shape index (κ2) is 6.52. The highest BCUT2D eigenvalue weighted by Crippen LogP contribution is 2.42. The van der Waals surface area contributed by atoms with Gasteiger partial charge in [-0.25, -0.2) is 0 Å². The first kappa shape index (κ1) is 9.67. The molecule has 0 N–H and O–H groups in total. The van der Waals surface area contributed by atoms with Crippen LogP contribution in [0.15, 0.2) is 12.1 Å². The summed E-state index contributed by atoms with van der Waals surface area (Å²) in [4.78, 5) is 14.0. The lowest BCUT2D eigenvalue weighted by Gasteiger charge is -2.43. The molecule has 0 radical (unpaired) electrons. The summed E-state index contributed by atoms with van der Waals surface area (Å²) in [6.45, 7) is 0.759. The van der Waals surface area contributed by atoms with Crippen LogP contribution in [0.2, 0.25) is 0 Å². The second-order valence-electron chi connectivity index (χ2n) is 6.26. The summed E-state index contributed by atoms with van der Waals surface area (Å²) in [5.74, 6) is -1.27. The minimum Gasteiger partial charge on any atom is -0.493 e. The van der Waals surface area contributed by atoms with Crippen molar-refractivity contribution in [2.45, 2.75) is 39.0 Å². The molecule has 23 heavy (non-hydrogen) atoms. The Morgan fingerprint density at radius 3 is 2.70 bits per heavy atom. The van der Waals surface area contributed by atoms with E-state index in [1.54, 1.807) is 0 Å². The summed E-state index contributed by atoms with van der Waals surface area (Å²) in [5.41, 5.74) is -0.364. The van der Waals surface area contributed by atoms with Crippen LogP contribution in [0, 0.1) is 11.8 Å². The van der Waals surface area contributed by atoms with Crippen LogP contribution in [0.3, 0.4) is 0 Å². The van der Waals surface area contributed by atoms with Gasteiger partial charge in [0.1, 0.15) is 5.78 Å². The summed E-state index contributed by atoms with van der Waals surface area (Å²) in [6, 6.07) is 0.0526. The quantitative estimate of drug-likeness (QED) is 0.852. The van der Waals surface area contributed by atoms with Crippen molar-refractivity contribution < 1.29 is 23.9 Å². The Balaban J connectivity index is 2.35. The van der Waals surface area contributed by atoms with Gasteiger partial charge >= 0.3 is 0 Å². The average molecular weight is 324 g/mol. The molecule has 1 aromatic rings. The molecule has 0 spiro atoms. The van der Waals surface area contributed by atoms with E-state index in [4.69, 9.17) is 19.1 Å². The molecular weight excluding hydrogens is 290 g/mol. The molecule has 2 unspecified atom stereocenters. The molecule has 2 aliphatic heterocycles. The van der Waals surface area contributed by atoms with Crippen molar-refractivity contribution in [1.29, 1.82) is 0 Å². The zero-order valence-corrected chi connectivity index (χ0v) is 13.9. The Hall–Kier alpha value is -1.55. The van der Waals surface area contributed by atoms with Gasteiger partial charge in [-0.3, -0.25) is 9.69 Å². The first-order valence-corrected chi connectivity index (χ1v) is 7.77. The molecule has 126 valence electrons. The summed E-state index contributed by atoms with van der Waals surface area (Å²) in [5, 5.41) is 0. The maximum Gasteiger partial charge on any atom is 0.161 e. The maximum atomic E-state index is 13.1. The van der Waals surface area contributed by atoms with Gasteiger partial charge in [0.05, 0.1) is 15.6 Å². The Morgan fingerprint density at radius 1 is 1.35 bits per heavy atom. The Kier molecular flexibility index (Phi) is 2.74. The molecule has 3 rings (SSSR count). The third-order valence-electron chi connectivity index (χ3n) is 4.15. The third kappa shape index (κ3) is 3.09. The molecule has 2 heterocycles. The fourth-order valence-electron chi connectivity index (χ4n) is 3.05. The molecule has 1 saturated heterocycles. The van der Waals surface area contributed by atoms with Gasteiger partial charge in [-0.2, -0.15) is 0 Å². The van der Waals surface area contributed by atoms with Crippen molar-refractivity contribution in [3.05, 3.63) is 23.3 Å². The number of hydrogen-bond donors (Lipinski definition) is 0. The number of fused-ring (bicyclic) bond motifs is 3. The van der Waals surface area contributed by atoms with Gasteiger partial charge in [-0.05, 0) is 42.0 Å². The van der Waals surface area contributed by atoms with Crippen LogP contribution in [-0.4, -0.2) is 37.9 Å². The Bertz CT molecular complexity index is 874. The number of ether oxygens (including phenoxy) is 2. The normalized spacial score (nSPS) is 38.6. The van der Waals surface area contributed by atoms with Crippen LogP contribution in [-0.2, 0) is 11.2 Å². The number of piperidine rings is 1. The molecule has 4 nitrogen and oxygen atoms in total. The minimum absolute atomic E-state index is 0.0528. The monoisotopic (exact) mass is 324 g/mol. The smallest absolute Gasteiger partial charge is 0.161 e. The SMILES string of the molecule is [2H]C1([2H])C(=O)C(CC(C)C)CN2C([2H])([2H])C([2H])([2H])c3cc(OC)c(OC)cc3C21[2H]. The largest absolute Gasteiger partial charge is 0.493 e. The van der Waals surface area contributed by atoms with Gasteiger partial charge in [0.2, 0.25) is 0 Å². The van der Waals surface area contributed by atoms with Gasteiger partial charge in [-0.15, -0.1) is 0 Å². The molecule has 1 aromatic carbocycles. The number of ketones is 1. The van der Waals surface area contributed by atoms with E-state index in [-0.39, 0.29) is 35.1 Å². The van der Waals surface area contributed by atoms with E-state index in [0.717, 1.165) is 4.90 Å². The van der Waals surface area contributed by atoms with E-state index in [2.05, 4.69) is 0 Å². The van der Waals surface area contributed by atoms with Crippen LogP contribution in [0.1, 0.15) is 53.4 Å². The van der Waals surface area contributed by atoms with Gasteiger partial charge < -0.3 is 9.47 Å². The predicted octanol–water partition coefficient (Wildman–Crippen LogP) is 3.24. The molecule has 2 aliphatic rings. The van der Waals surface area contributed by atoms with Crippen LogP contribution in [0.4, 0.5) is 0 Å². The summed E-state index contributed by atoms with van der Waals surface area (Å²) < 4.78 is 71.2. The molecule has 0 amide bonds. The molecular formula is C19H27NO3. The predicted molar refractivity (Wildman–Crippen MR) is 90.1 cm³/mol. The number of carbonyl (C=O) groups is 1. The van der Waals surface area contributed by atoms with Crippen LogP contribution in [0.5, 0.6) is 11.5 Å². The van der Waals surface area contributed by atoms with Crippen molar-refractivity contribution in [2.75, 3.05) is 27.3 Å². The highest BCUT2D eigenvalue weighted by molar-refractivity contribution is 5.83. The van der Waals surface area contributed by atoms with E-state index in [1.807, 2.05) is 13.8 Å².